The third-order valence-corrected chi connectivity index (χ3v) is 6.79. The zero-order valence-corrected chi connectivity index (χ0v) is 20.1. The standard InChI is InChI=1S/C27H32N4O4/c1-18-15-20(23-5-3-4-6-24(23)29-18)17-35-22-9-7-19(8-10-22)26(33)30-27(16-25(32)31-34)13-11-21(28-2)12-14-27/h3-10,15,21,28,34H,11-14,16-17H2,1-2H3,(H,30,33)(H,31,32)/t21-,27-. The number of carbonyl (C=O) groups is 2. The first-order valence-electron chi connectivity index (χ1n) is 11.9. The highest BCUT2D eigenvalue weighted by atomic mass is 16.5. The Kier molecular flexibility index (Phi) is 7.63. The van der Waals surface area contributed by atoms with Crippen LogP contribution in [0.5, 0.6) is 5.75 Å². The van der Waals surface area contributed by atoms with Gasteiger partial charge in [-0.1, -0.05) is 18.2 Å². The van der Waals surface area contributed by atoms with E-state index in [1.54, 1.807) is 29.7 Å². The fourth-order valence-electron chi connectivity index (χ4n) is 4.84. The summed E-state index contributed by atoms with van der Waals surface area (Å²) in [5.41, 5.74) is 4.42. The Hall–Kier alpha value is -3.49. The van der Waals surface area contributed by atoms with Crippen LogP contribution in [0.15, 0.2) is 54.6 Å². The Balaban J connectivity index is 1.42. The van der Waals surface area contributed by atoms with Crippen LogP contribution in [0.25, 0.3) is 10.9 Å². The molecule has 184 valence electrons. The number of hydrogen-bond donors (Lipinski definition) is 4. The number of pyridine rings is 1. The molecule has 3 aromatic rings. The Labute approximate surface area is 205 Å². The number of carbonyl (C=O) groups excluding carboxylic acids is 2. The van der Waals surface area contributed by atoms with E-state index in [0.29, 0.717) is 36.8 Å². The van der Waals surface area contributed by atoms with Gasteiger partial charge in [0, 0.05) is 33.8 Å². The van der Waals surface area contributed by atoms with E-state index in [9.17, 15) is 9.59 Å². The van der Waals surface area contributed by atoms with Crippen LogP contribution in [0, 0.1) is 6.92 Å². The molecule has 35 heavy (non-hydrogen) atoms. The Morgan fingerprint density at radius 2 is 1.83 bits per heavy atom. The van der Waals surface area contributed by atoms with Gasteiger partial charge in [0.2, 0.25) is 5.91 Å². The number of benzene rings is 2. The molecule has 0 spiro atoms. The molecule has 8 heteroatoms. The van der Waals surface area contributed by atoms with E-state index in [1.165, 1.54) is 0 Å². The molecule has 2 aromatic carbocycles. The molecule has 1 aromatic heterocycles. The van der Waals surface area contributed by atoms with Crippen LogP contribution in [0.1, 0.15) is 53.7 Å². The lowest BCUT2D eigenvalue weighted by molar-refractivity contribution is -0.131. The highest BCUT2D eigenvalue weighted by molar-refractivity contribution is 5.95. The van der Waals surface area contributed by atoms with Crippen LogP contribution < -0.4 is 20.9 Å². The number of para-hydroxylation sites is 1. The molecule has 1 aliphatic rings. The van der Waals surface area contributed by atoms with E-state index in [-0.39, 0.29) is 12.3 Å². The largest absolute Gasteiger partial charge is 0.489 e. The molecule has 0 unspecified atom stereocenters. The second kappa shape index (κ2) is 10.8. The van der Waals surface area contributed by atoms with Gasteiger partial charge in [-0.3, -0.25) is 19.8 Å². The van der Waals surface area contributed by atoms with E-state index in [2.05, 4.69) is 15.6 Å². The first-order valence-corrected chi connectivity index (χ1v) is 11.9. The maximum Gasteiger partial charge on any atom is 0.251 e. The van der Waals surface area contributed by atoms with Gasteiger partial charge in [0.15, 0.2) is 0 Å². The molecule has 0 saturated heterocycles. The fraction of sp³-hybridized carbons (Fsp3) is 0.370. The van der Waals surface area contributed by atoms with Gasteiger partial charge in [-0.05, 0) is 76.1 Å². The Bertz CT molecular complexity index is 1190. The number of aromatic nitrogens is 1. The van der Waals surface area contributed by atoms with E-state index in [4.69, 9.17) is 9.94 Å². The predicted molar refractivity (Wildman–Crippen MR) is 133 cm³/mol. The Morgan fingerprint density at radius 1 is 1.11 bits per heavy atom. The third-order valence-electron chi connectivity index (χ3n) is 6.79. The highest BCUT2D eigenvalue weighted by Crippen LogP contribution is 2.32. The molecule has 4 N–H and O–H groups in total. The zero-order chi connectivity index (χ0) is 24.8. The van der Waals surface area contributed by atoms with Crippen LogP contribution in [-0.2, 0) is 11.4 Å². The molecule has 0 bridgehead atoms. The maximum absolute atomic E-state index is 13.0. The van der Waals surface area contributed by atoms with Crippen LogP contribution in [0.3, 0.4) is 0 Å². The van der Waals surface area contributed by atoms with Gasteiger partial charge >= 0.3 is 0 Å². The summed E-state index contributed by atoms with van der Waals surface area (Å²) in [6.45, 7) is 2.35. The number of hydrogen-bond acceptors (Lipinski definition) is 6. The van der Waals surface area contributed by atoms with Gasteiger partial charge in [-0.15, -0.1) is 0 Å². The molecule has 1 aliphatic carbocycles. The van der Waals surface area contributed by atoms with Crippen LogP contribution in [0.2, 0.25) is 0 Å². The van der Waals surface area contributed by atoms with Gasteiger partial charge in [0.1, 0.15) is 12.4 Å². The van der Waals surface area contributed by atoms with Gasteiger partial charge in [0.25, 0.3) is 5.91 Å². The topological polar surface area (TPSA) is 113 Å². The van der Waals surface area contributed by atoms with Crippen molar-refractivity contribution in [2.24, 2.45) is 0 Å². The Morgan fingerprint density at radius 3 is 2.51 bits per heavy atom. The summed E-state index contributed by atoms with van der Waals surface area (Å²) < 4.78 is 6.00. The monoisotopic (exact) mass is 476 g/mol. The van der Waals surface area contributed by atoms with E-state index >= 15 is 0 Å². The van der Waals surface area contributed by atoms with Crippen molar-refractivity contribution in [1.82, 2.24) is 21.1 Å². The molecule has 0 aliphatic heterocycles. The molecule has 1 fully saturated rings. The molecule has 4 rings (SSSR count). The van der Waals surface area contributed by atoms with Crippen LogP contribution >= 0.6 is 0 Å². The number of amides is 2. The molecule has 2 amide bonds. The number of aryl methyl sites for hydroxylation is 1. The molecule has 0 radical (unpaired) electrons. The maximum atomic E-state index is 13.0. The van der Waals surface area contributed by atoms with Crippen molar-refractivity contribution in [3.8, 4) is 5.75 Å². The SMILES string of the molecule is CN[C@H]1CC[C@](CC(=O)NO)(NC(=O)c2ccc(OCc3cc(C)nc4ccccc34)cc2)CC1. The number of nitrogens with zero attached hydrogens (tertiary/aromatic N) is 1. The van der Waals surface area contributed by atoms with Gasteiger partial charge < -0.3 is 15.4 Å². The van der Waals surface area contributed by atoms with Gasteiger partial charge in [-0.2, -0.15) is 0 Å². The molecule has 8 nitrogen and oxygen atoms in total. The van der Waals surface area contributed by atoms with Gasteiger partial charge in [-0.25, -0.2) is 5.48 Å². The minimum atomic E-state index is -0.688. The lowest BCUT2D eigenvalue weighted by atomic mass is 9.77. The lowest BCUT2D eigenvalue weighted by Crippen LogP contribution is -2.54. The first kappa shape index (κ1) is 24.6. The molecule has 1 saturated carbocycles. The number of rotatable bonds is 8. The van der Waals surface area contributed by atoms with Gasteiger partial charge in [0.05, 0.1) is 11.9 Å². The van der Waals surface area contributed by atoms with E-state index in [1.807, 2.05) is 44.3 Å². The van der Waals surface area contributed by atoms with E-state index < -0.39 is 11.4 Å². The molecular formula is C27H32N4O4. The summed E-state index contributed by atoms with van der Waals surface area (Å²) in [5, 5.41) is 16.4. The predicted octanol–water partition coefficient (Wildman–Crippen LogP) is 3.65. The number of fused-ring (bicyclic) bond motifs is 1. The molecule has 1 heterocycles. The summed E-state index contributed by atoms with van der Waals surface area (Å²) >= 11 is 0. The van der Waals surface area contributed by atoms with Crippen LogP contribution in [-0.4, -0.2) is 40.6 Å². The van der Waals surface area contributed by atoms with Crippen molar-refractivity contribution >= 4 is 22.7 Å². The summed E-state index contributed by atoms with van der Waals surface area (Å²) in [6.07, 6.45) is 3.01. The average molecular weight is 477 g/mol. The number of hydroxylamine groups is 1. The second-order valence-electron chi connectivity index (χ2n) is 9.26. The number of ether oxygens (including phenoxy) is 1. The van der Waals surface area contributed by atoms with Crippen molar-refractivity contribution in [3.05, 3.63) is 71.4 Å². The third kappa shape index (κ3) is 5.96. The normalized spacial score (nSPS) is 19.8. The summed E-state index contributed by atoms with van der Waals surface area (Å²) in [6, 6.07) is 17.3. The van der Waals surface area contributed by atoms with Crippen molar-refractivity contribution in [3.63, 3.8) is 0 Å². The lowest BCUT2D eigenvalue weighted by Gasteiger charge is -2.40. The summed E-state index contributed by atoms with van der Waals surface area (Å²) in [5.74, 6) is -0.0965. The molecular weight excluding hydrogens is 444 g/mol. The van der Waals surface area contributed by atoms with Crippen molar-refractivity contribution in [1.29, 1.82) is 0 Å². The van der Waals surface area contributed by atoms with Crippen molar-refractivity contribution in [2.75, 3.05) is 7.05 Å². The smallest absolute Gasteiger partial charge is 0.251 e. The highest BCUT2D eigenvalue weighted by Gasteiger charge is 2.38. The summed E-state index contributed by atoms with van der Waals surface area (Å²) in [7, 11) is 1.92. The van der Waals surface area contributed by atoms with Crippen molar-refractivity contribution < 1.29 is 19.5 Å². The van der Waals surface area contributed by atoms with Crippen molar-refractivity contribution in [2.45, 2.75) is 57.2 Å². The zero-order valence-electron chi connectivity index (χ0n) is 20.1. The van der Waals surface area contributed by atoms with E-state index in [0.717, 1.165) is 35.0 Å². The fourth-order valence-corrected chi connectivity index (χ4v) is 4.84. The summed E-state index contributed by atoms with van der Waals surface area (Å²) in [4.78, 5) is 29.6. The minimum absolute atomic E-state index is 0.0339. The van der Waals surface area contributed by atoms with Crippen LogP contribution in [0.4, 0.5) is 0 Å². The average Bonchev–Trinajstić information content (AvgIpc) is 2.87. The minimum Gasteiger partial charge on any atom is -0.489 e. The molecule has 0 atom stereocenters. The quantitative estimate of drug-likeness (QED) is 0.292. The first-order chi connectivity index (χ1) is 16.9. The second-order valence-corrected chi connectivity index (χ2v) is 9.26. The number of nitrogens with one attached hydrogen (secondary N) is 3.